The molecule has 2 aromatic rings. The fourth-order valence-corrected chi connectivity index (χ4v) is 3.34. The van der Waals surface area contributed by atoms with Gasteiger partial charge in [-0.25, -0.2) is 0 Å². The molecule has 1 aromatic heterocycles. The van der Waals surface area contributed by atoms with Crippen LogP contribution in [0.3, 0.4) is 0 Å². The Labute approximate surface area is 134 Å². The highest BCUT2D eigenvalue weighted by molar-refractivity contribution is 9.11. The molecule has 0 fully saturated rings. The molecule has 1 heterocycles. The minimum atomic E-state index is -4.69. The van der Waals surface area contributed by atoms with Crippen molar-refractivity contribution in [3.63, 3.8) is 0 Å². The Morgan fingerprint density at radius 1 is 1.15 bits per heavy atom. The van der Waals surface area contributed by atoms with Gasteiger partial charge in [-0.3, -0.25) is 0 Å². The van der Waals surface area contributed by atoms with Gasteiger partial charge in [0, 0.05) is 17.1 Å². The molecule has 0 bridgehead atoms. The van der Waals surface area contributed by atoms with Gasteiger partial charge >= 0.3 is 6.36 Å². The van der Waals surface area contributed by atoms with E-state index in [2.05, 4.69) is 41.9 Å². The molecule has 8 heteroatoms. The summed E-state index contributed by atoms with van der Waals surface area (Å²) in [7, 11) is 0. The number of benzene rings is 1. The van der Waals surface area contributed by atoms with Crippen LogP contribution in [0.25, 0.3) is 0 Å². The smallest absolute Gasteiger partial charge is 0.405 e. The minimum Gasteiger partial charge on any atom is -0.405 e. The van der Waals surface area contributed by atoms with Gasteiger partial charge in [0.2, 0.25) is 0 Å². The lowest BCUT2D eigenvalue weighted by molar-refractivity contribution is -0.274. The van der Waals surface area contributed by atoms with Gasteiger partial charge in [-0.05, 0) is 62.2 Å². The van der Waals surface area contributed by atoms with E-state index in [0.29, 0.717) is 12.2 Å². The Morgan fingerprint density at radius 2 is 1.90 bits per heavy atom. The van der Waals surface area contributed by atoms with E-state index in [1.165, 1.54) is 12.1 Å². The maximum absolute atomic E-state index is 12.1. The Kier molecular flexibility index (Phi) is 4.98. The average Bonchev–Trinajstić information content (AvgIpc) is 2.74. The van der Waals surface area contributed by atoms with Crippen molar-refractivity contribution in [3.05, 3.63) is 43.5 Å². The zero-order chi connectivity index (χ0) is 14.8. The van der Waals surface area contributed by atoms with Crippen LogP contribution in [0, 0.1) is 0 Å². The predicted octanol–water partition coefficient (Wildman–Crippen LogP) is 5.78. The molecule has 0 radical (unpaired) electrons. The first kappa shape index (κ1) is 15.7. The van der Waals surface area contributed by atoms with Gasteiger partial charge in [0.25, 0.3) is 0 Å². The van der Waals surface area contributed by atoms with E-state index in [9.17, 15) is 13.2 Å². The topological polar surface area (TPSA) is 21.3 Å². The average molecular weight is 431 g/mol. The Bertz CT molecular complexity index is 601. The first-order chi connectivity index (χ1) is 9.33. The number of hydrogen-bond donors (Lipinski definition) is 1. The van der Waals surface area contributed by atoms with Crippen LogP contribution in [-0.2, 0) is 6.54 Å². The van der Waals surface area contributed by atoms with Gasteiger partial charge in [0.05, 0.1) is 8.26 Å². The number of hydrogen-bond acceptors (Lipinski definition) is 3. The fourth-order valence-electron chi connectivity index (χ4n) is 1.45. The summed E-state index contributed by atoms with van der Waals surface area (Å²) >= 11 is 8.02. The standard InChI is InChI=1S/C12H8Br2F3NOS/c13-9-5-7(1-3-10(9)19-12(15,16)17)18-6-8-2-4-11(14)20-8/h1-5,18H,6H2. The van der Waals surface area contributed by atoms with Gasteiger partial charge in [0.15, 0.2) is 0 Å². The molecule has 0 aliphatic heterocycles. The minimum absolute atomic E-state index is 0.243. The highest BCUT2D eigenvalue weighted by Crippen LogP contribution is 2.32. The molecule has 0 amide bonds. The summed E-state index contributed by atoms with van der Waals surface area (Å²) in [6.07, 6.45) is -4.69. The van der Waals surface area contributed by atoms with Gasteiger partial charge in [0.1, 0.15) is 5.75 Å². The van der Waals surface area contributed by atoms with E-state index in [-0.39, 0.29) is 10.2 Å². The molecule has 0 aliphatic rings. The van der Waals surface area contributed by atoms with Crippen LogP contribution >= 0.6 is 43.2 Å². The maximum atomic E-state index is 12.1. The lowest BCUT2D eigenvalue weighted by atomic mass is 10.3. The van der Waals surface area contributed by atoms with Crippen molar-refractivity contribution >= 4 is 48.9 Å². The van der Waals surface area contributed by atoms with E-state index in [4.69, 9.17) is 0 Å². The van der Waals surface area contributed by atoms with Crippen molar-refractivity contribution in [1.82, 2.24) is 0 Å². The summed E-state index contributed by atoms with van der Waals surface area (Å²) in [5, 5.41) is 3.13. The second-order valence-electron chi connectivity index (χ2n) is 3.75. The number of nitrogens with one attached hydrogen (secondary N) is 1. The van der Waals surface area contributed by atoms with E-state index in [1.807, 2.05) is 12.1 Å². The quantitative estimate of drug-likeness (QED) is 0.663. The highest BCUT2D eigenvalue weighted by Gasteiger charge is 2.31. The third-order valence-electron chi connectivity index (χ3n) is 2.25. The second kappa shape index (κ2) is 6.36. The van der Waals surface area contributed by atoms with Crippen molar-refractivity contribution in [3.8, 4) is 5.75 Å². The van der Waals surface area contributed by atoms with Crippen LogP contribution in [0.2, 0.25) is 0 Å². The van der Waals surface area contributed by atoms with Crippen LogP contribution in [0.1, 0.15) is 4.88 Å². The first-order valence-electron chi connectivity index (χ1n) is 5.37. The summed E-state index contributed by atoms with van der Waals surface area (Å²) in [6.45, 7) is 0.599. The first-order valence-corrected chi connectivity index (χ1v) is 7.77. The van der Waals surface area contributed by atoms with E-state index in [1.54, 1.807) is 17.4 Å². The fraction of sp³-hybridized carbons (Fsp3) is 0.167. The lowest BCUT2D eigenvalue weighted by Crippen LogP contribution is -2.17. The number of anilines is 1. The normalized spacial score (nSPS) is 11.4. The van der Waals surface area contributed by atoms with Gasteiger partial charge in [-0.2, -0.15) is 0 Å². The number of thiophene rings is 1. The van der Waals surface area contributed by atoms with E-state index in [0.717, 1.165) is 8.66 Å². The maximum Gasteiger partial charge on any atom is 0.573 e. The van der Waals surface area contributed by atoms with Crippen molar-refractivity contribution in [2.45, 2.75) is 12.9 Å². The molecule has 1 aromatic carbocycles. The number of ether oxygens (including phenoxy) is 1. The Morgan fingerprint density at radius 3 is 2.45 bits per heavy atom. The monoisotopic (exact) mass is 429 g/mol. The summed E-state index contributed by atoms with van der Waals surface area (Å²) in [4.78, 5) is 1.11. The molecule has 0 saturated carbocycles. The molecule has 20 heavy (non-hydrogen) atoms. The molecule has 0 unspecified atom stereocenters. The van der Waals surface area contributed by atoms with Crippen LogP contribution in [0.5, 0.6) is 5.75 Å². The summed E-state index contributed by atoms with van der Waals surface area (Å²) < 4.78 is 41.5. The van der Waals surface area contributed by atoms with Crippen LogP contribution in [0.4, 0.5) is 18.9 Å². The van der Waals surface area contributed by atoms with E-state index < -0.39 is 6.36 Å². The summed E-state index contributed by atoms with van der Waals surface area (Å²) in [5.41, 5.74) is 0.705. The molecule has 2 rings (SSSR count). The second-order valence-corrected chi connectivity index (χ2v) is 7.15. The molecule has 0 saturated heterocycles. The Balaban J connectivity index is 2.01. The predicted molar refractivity (Wildman–Crippen MR) is 80.2 cm³/mol. The molecule has 0 spiro atoms. The molecule has 108 valence electrons. The van der Waals surface area contributed by atoms with E-state index >= 15 is 0 Å². The van der Waals surface area contributed by atoms with Crippen molar-refractivity contribution in [1.29, 1.82) is 0 Å². The van der Waals surface area contributed by atoms with Gasteiger partial charge in [-0.1, -0.05) is 0 Å². The van der Waals surface area contributed by atoms with Crippen LogP contribution in [-0.4, -0.2) is 6.36 Å². The summed E-state index contributed by atoms with van der Waals surface area (Å²) in [6, 6.07) is 8.26. The van der Waals surface area contributed by atoms with Crippen molar-refractivity contribution in [2.24, 2.45) is 0 Å². The third-order valence-corrected chi connectivity index (χ3v) is 4.50. The lowest BCUT2D eigenvalue weighted by Gasteiger charge is -2.12. The van der Waals surface area contributed by atoms with Crippen molar-refractivity contribution < 1.29 is 17.9 Å². The van der Waals surface area contributed by atoms with Crippen LogP contribution < -0.4 is 10.1 Å². The Hall–Kier alpha value is -0.730. The van der Waals surface area contributed by atoms with Gasteiger partial charge in [-0.15, -0.1) is 24.5 Å². The zero-order valence-electron chi connectivity index (χ0n) is 9.80. The molecular weight excluding hydrogens is 423 g/mol. The largest absolute Gasteiger partial charge is 0.573 e. The molecule has 2 nitrogen and oxygen atoms in total. The SMILES string of the molecule is FC(F)(F)Oc1ccc(NCc2ccc(Br)s2)cc1Br. The number of alkyl halides is 3. The number of rotatable bonds is 4. The number of halogens is 5. The highest BCUT2D eigenvalue weighted by atomic mass is 79.9. The third kappa shape index (κ3) is 4.68. The zero-order valence-corrected chi connectivity index (χ0v) is 13.8. The molecule has 0 atom stereocenters. The molecular formula is C12H8Br2F3NOS. The molecule has 0 aliphatic carbocycles. The van der Waals surface area contributed by atoms with Gasteiger partial charge < -0.3 is 10.1 Å². The van der Waals surface area contributed by atoms with Crippen molar-refractivity contribution in [2.75, 3.05) is 5.32 Å². The molecule has 1 N–H and O–H groups in total. The summed E-state index contributed by atoms with van der Waals surface area (Å²) in [5.74, 6) is -0.262. The van der Waals surface area contributed by atoms with Crippen LogP contribution in [0.15, 0.2) is 38.6 Å².